The summed E-state index contributed by atoms with van der Waals surface area (Å²) in [5.41, 5.74) is 1.72. The summed E-state index contributed by atoms with van der Waals surface area (Å²) < 4.78 is 2.14. The van der Waals surface area contributed by atoms with Crippen LogP contribution in [-0.2, 0) is 20.0 Å². The number of likely N-dealkylation sites (tertiary alicyclic amines) is 1. The molecule has 3 aromatic rings. The van der Waals surface area contributed by atoms with E-state index < -0.39 is 0 Å². The van der Waals surface area contributed by atoms with E-state index in [-0.39, 0.29) is 0 Å². The van der Waals surface area contributed by atoms with Crippen molar-refractivity contribution in [2.75, 3.05) is 31.1 Å². The molecule has 0 saturated carbocycles. The van der Waals surface area contributed by atoms with E-state index in [2.05, 4.69) is 66.7 Å². The van der Waals surface area contributed by atoms with Gasteiger partial charge in [-0.05, 0) is 24.3 Å². The normalized spacial score (nSPS) is 24.2. The first kappa shape index (κ1) is 18.3. The SMILES string of the molecule is Cn1ccnc1CN1CC2CN(c3cnccn3)CC2(CCc2ccccc2)C1. The average molecular weight is 389 g/mol. The fourth-order valence-electron chi connectivity index (χ4n) is 5.18. The number of hydrogen-bond donors (Lipinski definition) is 0. The van der Waals surface area contributed by atoms with Crippen molar-refractivity contribution in [1.29, 1.82) is 0 Å². The van der Waals surface area contributed by atoms with Crippen LogP contribution in [0.3, 0.4) is 0 Å². The minimum absolute atomic E-state index is 0.290. The predicted molar refractivity (Wildman–Crippen MR) is 113 cm³/mol. The largest absolute Gasteiger partial charge is 0.354 e. The summed E-state index contributed by atoms with van der Waals surface area (Å²) in [5.74, 6) is 2.80. The number of fused-ring (bicyclic) bond motifs is 1. The molecule has 29 heavy (non-hydrogen) atoms. The third-order valence-corrected chi connectivity index (χ3v) is 6.74. The molecule has 0 spiro atoms. The molecule has 2 atom stereocenters. The summed E-state index contributed by atoms with van der Waals surface area (Å²) in [7, 11) is 2.08. The van der Waals surface area contributed by atoms with Crippen molar-refractivity contribution >= 4 is 5.82 Å². The van der Waals surface area contributed by atoms with E-state index in [9.17, 15) is 0 Å². The van der Waals surface area contributed by atoms with Crippen molar-refractivity contribution in [3.05, 3.63) is 72.7 Å². The Bertz CT molecular complexity index is 940. The van der Waals surface area contributed by atoms with Crippen LogP contribution >= 0.6 is 0 Å². The highest BCUT2D eigenvalue weighted by molar-refractivity contribution is 5.39. The van der Waals surface area contributed by atoms with Gasteiger partial charge < -0.3 is 9.47 Å². The first-order valence-corrected chi connectivity index (χ1v) is 10.5. The Balaban J connectivity index is 1.35. The molecule has 2 aromatic heterocycles. The molecule has 2 fully saturated rings. The van der Waals surface area contributed by atoms with Gasteiger partial charge in [0, 0.05) is 63.4 Å². The third-order valence-electron chi connectivity index (χ3n) is 6.74. The van der Waals surface area contributed by atoms with Gasteiger partial charge in [0.2, 0.25) is 0 Å². The number of aryl methyl sites for hydroxylation is 2. The highest BCUT2D eigenvalue weighted by Crippen LogP contribution is 2.47. The maximum atomic E-state index is 4.57. The Kier molecular flexibility index (Phi) is 4.79. The fraction of sp³-hybridized carbons (Fsp3) is 0.435. The lowest BCUT2D eigenvalue weighted by atomic mass is 9.76. The Morgan fingerprint density at radius 2 is 1.93 bits per heavy atom. The standard InChI is InChI=1S/C23H28N6/c1-27-12-11-26-22(27)16-28-14-20-15-29(21-13-24-9-10-25-21)18-23(20,17-28)8-7-19-5-3-2-4-6-19/h2-6,9-13,20H,7-8,14-18H2,1H3. The molecule has 6 heteroatoms. The van der Waals surface area contributed by atoms with E-state index in [1.807, 2.05) is 18.6 Å². The molecule has 150 valence electrons. The molecule has 1 aromatic carbocycles. The third kappa shape index (κ3) is 3.65. The lowest BCUT2D eigenvalue weighted by Crippen LogP contribution is -2.35. The highest BCUT2D eigenvalue weighted by Gasteiger charge is 2.52. The number of rotatable bonds is 6. The first-order valence-electron chi connectivity index (χ1n) is 10.5. The minimum Gasteiger partial charge on any atom is -0.354 e. The van der Waals surface area contributed by atoms with E-state index in [0.29, 0.717) is 11.3 Å². The van der Waals surface area contributed by atoms with Gasteiger partial charge in [0.25, 0.3) is 0 Å². The Morgan fingerprint density at radius 1 is 1.03 bits per heavy atom. The van der Waals surface area contributed by atoms with Crippen LogP contribution in [0, 0.1) is 11.3 Å². The second-order valence-corrected chi connectivity index (χ2v) is 8.61. The summed E-state index contributed by atoms with van der Waals surface area (Å²) in [4.78, 5) is 18.4. The molecule has 0 bridgehead atoms. The van der Waals surface area contributed by atoms with Crippen molar-refractivity contribution in [2.24, 2.45) is 18.4 Å². The van der Waals surface area contributed by atoms with Gasteiger partial charge >= 0.3 is 0 Å². The molecule has 4 heterocycles. The van der Waals surface area contributed by atoms with Gasteiger partial charge in [-0.2, -0.15) is 0 Å². The number of hydrogen-bond acceptors (Lipinski definition) is 5. The van der Waals surface area contributed by atoms with Crippen LogP contribution in [-0.4, -0.2) is 50.6 Å². The lowest BCUT2D eigenvalue weighted by molar-refractivity contribution is 0.237. The quantitative estimate of drug-likeness (QED) is 0.650. The molecule has 0 radical (unpaired) electrons. The molecule has 2 aliphatic heterocycles. The summed E-state index contributed by atoms with van der Waals surface area (Å²) in [6, 6.07) is 10.9. The number of benzene rings is 1. The summed E-state index contributed by atoms with van der Waals surface area (Å²) in [6.07, 6.45) is 11.7. The zero-order valence-electron chi connectivity index (χ0n) is 17.0. The molecular weight excluding hydrogens is 360 g/mol. The average Bonchev–Trinajstić information content (AvgIpc) is 3.41. The van der Waals surface area contributed by atoms with Crippen LogP contribution in [0.15, 0.2) is 61.3 Å². The molecule has 2 aliphatic rings. The number of imidazole rings is 1. The number of anilines is 1. The van der Waals surface area contributed by atoms with Crippen LogP contribution in [0.2, 0.25) is 0 Å². The highest BCUT2D eigenvalue weighted by atomic mass is 15.3. The van der Waals surface area contributed by atoms with Crippen LogP contribution in [0.5, 0.6) is 0 Å². The van der Waals surface area contributed by atoms with Crippen molar-refractivity contribution < 1.29 is 0 Å². The topological polar surface area (TPSA) is 50.1 Å². The fourth-order valence-corrected chi connectivity index (χ4v) is 5.18. The van der Waals surface area contributed by atoms with Gasteiger partial charge in [-0.1, -0.05) is 30.3 Å². The summed E-state index contributed by atoms with van der Waals surface area (Å²) in [6.45, 7) is 5.29. The Hall–Kier alpha value is -2.73. The maximum Gasteiger partial charge on any atom is 0.147 e. The minimum atomic E-state index is 0.290. The van der Waals surface area contributed by atoms with Gasteiger partial charge in [0.05, 0.1) is 12.7 Å². The maximum absolute atomic E-state index is 4.57. The van der Waals surface area contributed by atoms with E-state index in [4.69, 9.17) is 0 Å². The van der Waals surface area contributed by atoms with Gasteiger partial charge in [-0.3, -0.25) is 9.88 Å². The Labute approximate surface area is 172 Å². The van der Waals surface area contributed by atoms with Crippen LogP contribution in [0.1, 0.15) is 17.8 Å². The monoisotopic (exact) mass is 388 g/mol. The van der Waals surface area contributed by atoms with Crippen molar-refractivity contribution in [3.8, 4) is 0 Å². The lowest BCUT2D eigenvalue weighted by Gasteiger charge is -2.30. The predicted octanol–water partition coefficient (Wildman–Crippen LogP) is 2.78. The van der Waals surface area contributed by atoms with Gasteiger partial charge in [0.15, 0.2) is 0 Å². The molecule has 0 aliphatic carbocycles. The summed E-state index contributed by atoms with van der Waals surface area (Å²) >= 11 is 0. The van der Waals surface area contributed by atoms with Crippen molar-refractivity contribution in [1.82, 2.24) is 24.4 Å². The number of aromatic nitrogens is 4. The van der Waals surface area contributed by atoms with E-state index in [1.54, 1.807) is 12.4 Å². The van der Waals surface area contributed by atoms with Gasteiger partial charge in [-0.15, -0.1) is 0 Å². The zero-order valence-corrected chi connectivity index (χ0v) is 17.0. The van der Waals surface area contributed by atoms with E-state index >= 15 is 0 Å². The van der Waals surface area contributed by atoms with Crippen LogP contribution < -0.4 is 4.90 Å². The summed E-state index contributed by atoms with van der Waals surface area (Å²) in [5, 5.41) is 0. The van der Waals surface area contributed by atoms with Crippen molar-refractivity contribution in [3.63, 3.8) is 0 Å². The second-order valence-electron chi connectivity index (χ2n) is 8.61. The molecular formula is C23H28N6. The molecule has 2 saturated heterocycles. The molecule has 0 amide bonds. The van der Waals surface area contributed by atoms with E-state index in [0.717, 1.165) is 50.8 Å². The zero-order chi connectivity index (χ0) is 19.7. The second kappa shape index (κ2) is 7.59. The van der Waals surface area contributed by atoms with Crippen molar-refractivity contribution in [2.45, 2.75) is 19.4 Å². The van der Waals surface area contributed by atoms with E-state index in [1.165, 1.54) is 12.0 Å². The first-order chi connectivity index (χ1) is 14.2. The van der Waals surface area contributed by atoms with Gasteiger partial charge in [0.1, 0.15) is 11.6 Å². The molecule has 5 rings (SSSR count). The molecule has 2 unspecified atom stereocenters. The smallest absolute Gasteiger partial charge is 0.147 e. The Morgan fingerprint density at radius 3 is 2.69 bits per heavy atom. The molecule has 0 N–H and O–H groups in total. The van der Waals surface area contributed by atoms with Gasteiger partial charge in [-0.25, -0.2) is 9.97 Å². The van der Waals surface area contributed by atoms with Crippen LogP contribution in [0.4, 0.5) is 5.82 Å². The molecule has 6 nitrogen and oxygen atoms in total. The number of nitrogens with zero attached hydrogens (tertiary/aromatic N) is 6. The van der Waals surface area contributed by atoms with Crippen LogP contribution in [0.25, 0.3) is 0 Å².